The molecule has 9 aromatic carbocycles. The Kier molecular flexibility index (Phi) is 7.47. The average molecular weight is 766 g/mol. The van der Waals surface area contributed by atoms with Crippen molar-refractivity contribution in [3.8, 4) is 55.6 Å². The monoisotopic (exact) mass is 765 g/mol. The zero-order chi connectivity index (χ0) is 40.2. The molecule has 12 rings (SSSR count). The fourth-order valence-electron chi connectivity index (χ4n) is 10.9. The molecule has 1 spiro atoms. The van der Waals surface area contributed by atoms with Gasteiger partial charge in [0, 0.05) is 22.5 Å². The van der Waals surface area contributed by atoms with Crippen LogP contribution < -0.4 is 4.90 Å². The molecule has 1 nitrogen and oxygen atoms in total. The highest BCUT2D eigenvalue weighted by molar-refractivity contribution is 5.96. The third kappa shape index (κ3) is 4.87. The van der Waals surface area contributed by atoms with Crippen LogP contribution in [-0.4, -0.2) is 0 Å². The first kappa shape index (κ1) is 34.8. The summed E-state index contributed by atoms with van der Waals surface area (Å²) in [6, 6.07) is 77.4. The first-order valence-corrected chi connectivity index (χ1v) is 21.2. The summed E-state index contributed by atoms with van der Waals surface area (Å²) < 4.78 is 0. The molecule has 0 saturated heterocycles. The fourth-order valence-corrected chi connectivity index (χ4v) is 10.9. The Bertz CT molecular complexity index is 3100. The third-order valence-corrected chi connectivity index (χ3v) is 13.8. The lowest BCUT2D eigenvalue weighted by molar-refractivity contribution is 0.660. The Morgan fingerprint density at radius 1 is 0.300 bits per heavy atom. The molecule has 0 unspecified atom stereocenters. The van der Waals surface area contributed by atoms with E-state index in [0.29, 0.717) is 0 Å². The van der Waals surface area contributed by atoms with Gasteiger partial charge in [0.1, 0.15) is 0 Å². The molecule has 0 fully saturated rings. The van der Waals surface area contributed by atoms with Gasteiger partial charge in [-0.1, -0.05) is 189 Å². The van der Waals surface area contributed by atoms with E-state index in [0.717, 1.165) is 17.1 Å². The van der Waals surface area contributed by atoms with E-state index in [1.54, 1.807) is 0 Å². The summed E-state index contributed by atoms with van der Waals surface area (Å²) >= 11 is 0. The Balaban J connectivity index is 1.03. The molecule has 0 bridgehead atoms. The van der Waals surface area contributed by atoms with Crippen molar-refractivity contribution in [3.63, 3.8) is 0 Å². The van der Waals surface area contributed by atoms with Crippen LogP contribution in [0, 0.1) is 6.92 Å². The second-order valence-electron chi connectivity index (χ2n) is 17.3. The van der Waals surface area contributed by atoms with Gasteiger partial charge in [0.15, 0.2) is 0 Å². The molecule has 1 heteroatoms. The van der Waals surface area contributed by atoms with Crippen LogP contribution in [0.5, 0.6) is 0 Å². The Labute approximate surface area is 352 Å². The van der Waals surface area contributed by atoms with Crippen LogP contribution in [0.15, 0.2) is 206 Å². The van der Waals surface area contributed by atoms with Gasteiger partial charge in [0.25, 0.3) is 0 Å². The number of aryl methyl sites for hydroxylation is 1. The molecule has 0 heterocycles. The number of rotatable bonds is 5. The molecule has 284 valence electrons. The lowest BCUT2D eigenvalue weighted by Gasteiger charge is -2.32. The zero-order valence-electron chi connectivity index (χ0n) is 34.1. The summed E-state index contributed by atoms with van der Waals surface area (Å²) in [5.41, 5.74) is 25.1. The maximum Gasteiger partial charge on any atom is 0.0726 e. The van der Waals surface area contributed by atoms with E-state index in [4.69, 9.17) is 0 Å². The van der Waals surface area contributed by atoms with Gasteiger partial charge < -0.3 is 4.90 Å². The van der Waals surface area contributed by atoms with E-state index in [-0.39, 0.29) is 5.41 Å². The molecule has 0 saturated carbocycles. The van der Waals surface area contributed by atoms with E-state index in [1.807, 2.05) is 0 Å². The number of benzene rings is 9. The largest absolute Gasteiger partial charge is 0.310 e. The van der Waals surface area contributed by atoms with E-state index in [9.17, 15) is 0 Å². The van der Waals surface area contributed by atoms with Crippen molar-refractivity contribution >= 4 is 17.1 Å². The first-order valence-electron chi connectivity index (χ1n) is 21.2. The van der Waals surface area contributed by atoms with Crippen molar-refractivity contribution in [1.29, 1.82) is 0 Å². The highest BCUT2D eigenvalue weighted by atomic mass is 15.1. The Hall–Kier alpha value is -7.22. The predicted octanol–water partition coefficient (Wildman–Crippen LogP) is 15.4. The topological polar surface area (TPSA) is 3.24 Å². The van der Waals surface area contributed by atoms with Gasteiger partial charge >= 0.3 is 0 Å². The van der Waals surface area contributed by atoms with Gasteiger partial charge in [0.05, 0.1) is 5.41 Å². The molecule has 3 aliphatic rings. The van der Waals surface area contributed by atoms with E-state index >= 15 is 0 Å². The molecule has 0 aliphatic heterocycles. The Morgan fingerprint density at radius 3 is 1.12 bits per heavy atom. The molecule has 0 N–H and O–H groups in total. The van der Waals surface area contributed by atoms with Crippen LogP contribution >= 0.6 is 0 Å². The second kappa shape index (κ2) is 12.9. The van der Waals surface area contributed by atoms with Gasteiger partial charge in [-0.05, 0) is 132 Å². The maximum absolute atomic E-state index is 2.50. The Morgan fingerprint density at radius 2 is 0.633 bits per heavy atom. The molecule has 0 aromatic heterocycles. The van der Waals surface area contributed by atoms with E-state index in [1.165, 1.54) is 94.6 Å². The van der Waals surface area contributed by atoms with Gasteiger partial charge in [-0.2, -0.15) is 0 Å². The quantitative estimate of drug-likeness (QED) is 0.169. The van der Waals surface area contributed by atoms with Crippen molar-refractivity contribution in [2.45, 2.75) is 31.6 Å². The number of hydrogen-bond donors (Lipinski definition) is 0. The predicted molar refractivity (Wildman–Crippen MR) is 251 cm³/mol. The third-order valence-electron chi connectivity index (χ3n) is 13.8. The van der Waals surface area contributed by atoms with Crippen LogP contribution in [0.25, 0.3) is 55.6 Å². The van der Waals surface area contributed by atoms with Crippen LogP contribution in [0.4, 0.5) is 17.1 Å². The SMILES string of the molecule is Cc1ccc(-c2ccc(-c3ccc(N(c4ccc5c(c4)C(C)(C)c4ccccc4-5)c4ccc5c(c4)C4(c6ccccc6-c6ccccc64)c4ccccc4-5)cc3)cc2)cc1. The van der Waals surface area contributed by atoms with E-state index < -0.39 is 5.41 Å². The van der Waals surface area contributed by atoms with Gasteiger partial charge in [-0.25, -0.2) is 0 Å². The minimum absolute atomic E-state index is 0.122. The highest BCUT2D eigenvalue weighted by Gasteiger charge is 2.51. The summed E-state index contributed by atoms with van der Waals surface area (Å²) in [5.74, 6) is 0. The van der Waals surface area contributed by atoms with Crippen molar-refractivity contribution in [2.75, 3.05) is 4.90 Å². The first-order chi connectivity index (χ1) is 29.4. The standard InChI is InChI=1S/C59H43N/c1-38-20-22-39(23-21-38)40-24-26-41(27-25-40)42-28-30-43(31-29-42)60(44-32-34-50-46-12-4-8-16-52(46)58(2,3)56(50)36-44)45-33-35-51-49-15-7-11-19-55(49)59(57(51)37-45)53-17-9-5-13-47(53)48-14-6-10-18-54(48)59/h4-37H,1-3H3. The average Bonchev–Trinajstić information content (AvgIpc) is 3.85. The zero-order valence-corrected chi connectivity index (χ0v) is 34.1. The number of fused-ring (bicyclic) bond motifs is 13. The van der Waals surface area contributed by atoms with E-state index in [2.05, 4.69) is 232 Å². The number of anilines is 3. The molecule has 0 amide bonds. The number of hydrogen-bond acceptors (Lipinski definition) is 1. The lowest BCUT2D eigenvalue weighted by Crippen LogP contribution is -2.26. The normalized spacial score (nSPS) is 14.2. The summed E-state index contributed by atoms with van der Waals surface area (Å²) in [4.78, 5) is 2.48. The van der Waals surface area contributed by atoms with Gasteiger partial charge in [-0.15, -0.1) is 0 Å². The number of nitrogens with zero attached hydrogens (tertiary/aromatic N) is 1. The molecule has 3 aliphatic carbocycles. The minimum Gasteiger partial charge on any atom is -0.310 e. The van der Waals surface area contributed by atoms with Crippen LogP contribution in [0.1, 0.15) is 52.8 Å². The molecule has 0 radical (unpaired) electrons. The smallest absolute Gasteiger partial charge is 0.0726 e. The lowest BCUT2D eigenvalue weighted by atomic mass is 9.70. The molecule has 60 heavy (non-hydrogen) atoms. The van der Waals surface area contributed by atoms with Crippen molar-refractivity contribution in [3.05, 3.63) is 245 Å². The van der Waals surface area contributed by atoms with Crippen molar-refractivity contribution < 1.29 is 0 Å². The summed E-state index contributed by atoms with van der Waals surface area (Å²) in [6.07, 6.45) is 0. The van der Waals surface area contributed by atoms with Crippen LogP contribution in [0.2, 0.25) is 0 Å². The maximum atomic E-state index is 2.50. The fraction of sp³-hybridized carbons (Fsp3) is 0.0847. The second-order valence-corrected chi connectivity index (χ2v) is 17.3. The summed E-state index contributed by atoms with van der Waals surface area (Å²) in [7, 11) is 0. The molecule has 0 atom stereocenters. The molecular formula is C59H43N. The minimum atomic E-state index is -0.420. The summed E-state index contributed by atoms with van der Waals surface area (Å²) in [5, 5.41) is 0. The van der Waals surface area contributed by atoms with Crippen LogP contribution in [-0.2, 0) is 10.8 Å². The van der Waals surface area contributed by atoms with Crippen molar-refractivity contribution in [1.82, 2.24) is 0 Å². The van der Waals surface area contributed by atoms with Crippen LogP contribution in [0.3, 0.4) is 0 Å². The molecular weight excluding hydrogens is 723 g/mol. The van der Waals surface area contributed by atoms with Crippen molar-refractivity contribution in [2.24, 2.45) is 0 Å². The molecule has 9 aromatic rings. The summed E-state index contributed by atoms with van der Waals surface area (Å²) in [6.45, 7) is 6.88. The van der Waals surface area contributed by atoms with Gasteiger partial charge in [-0.3, -0.25) is 0 Å². The highest BCUT2D eigenvalue weighted by Crippen LogP contribution is 2.63. The van der Waals surface area contributed by atoms with Gasteiger partial charge in [0.2, 0.25) is 0 Å².